The van der Waals surface area contributed by atoms with Gasteiger partial charge in [0, 0.05) is 18.5 Å². The first kappa shape index (κ1) is 15.5. The van der Waals surface area contributed by atoms with Crippen molar-refractivity contribution in [1.29, 1.82) is 0 Å². The zero-order chi connectivity index (χ0) is 16.1. The highest BCUT2D eigenvalue weighted by atomic mass is 15.1. The number of rotatable bonds is 6. The molecule has 3 nitrogen and oxygen atoms in total. The van der Waals surface area contributed by atoms with Gasteiger partial charge in [-0.15, -0.1) is 0 Å². The number of para-hydroxylation sites is 1. The summed E-state index contributed by atoms with van der Waals surface area (Å²) in [5.41, 5.74) is 3.65. The summed E-state index contributed by atoms with van der Waals surface area (Å²) < 4.78 is 0. The molecule has 0 amide bonds. The molecule has 0 aliphatic heterocycles. The Morgan fingerprint density at radius 1 is 0.957 bits per heavy atom. The molecule has 0 saturated heterocycles. The number of nitrogens with zero attached hydrogens (tertiary/aromatic N) is 2. The molecule has 2 aromatic carbocycles. The van der Waals surface area contributed by atoms with Gasteiger partial charge in [-0.25, -0.2) is 4.98 Å². The second kappa shape index (κ2) is 7.25. The molecule has 3 rings (SSSR count). The van der Waals surface area contributed by atoms with Gasteiger partial charge in [-0.1, -0.05) is 49.4 Å². The van der Waals surface area contributed by atoms with Crippen molar-refractivity contribution < 1.29 is 0 Å². The quantitative estimate of drug-likeness (QED) is 0.736. The predicted molar refractivity (Wildman–Crippen MR) is 97.5 cm³/mol. The van der Waals surface area contributed by atoms with Gasteiger partial charge in [0.2, 0.25) is 0 Å². The van der Waals surface area contributed by atoms with Gasteiger partial charge >= 0.3 is 0 Å². The third kappa shape index (κ3) is 4.08. The van der Waals surface area contributed by atoms with Crippen molar-refractivity contribution >= 4 is 16.7 Å². The second-order valence-corrected chi connectivity index (χ2v) is 5.89. The normalized spacial score (nSPS) is 11.1. The summed E-state index contributed by atoms with van der Waals surface area (Å²) in [6.45, 7) is 5.01. The molecule has 0 unspecified atom stereocenters. The van der Waals surface area contributed by atoms with Crippen molar-refractivity contribution in [2.75, 3.05) is 18.9 Å². The van der Waals surface area contributed by atoms with E-state index in [1.165, 1.54) is 16.5 Å². The third-order valence-electron chi connectivity index (χ3n) is 4.06. The fourth-order valence-corrected chi connectivity index (χ4v) is 2.62. The summed E-state index contributed by atoms with van der Waals surface area (Å²) in [6, 6.07) is 21.1. The average Bonchev–Trinajstić information content (AvgIpc) is 2.60. The minimum Gasteiger partial charge on any atom is -0.366 e. The molecule has 0 radical (unpaired) electrons. The van der Waals surface area contributed by atoms with Gasteiger partial charge in [0.15, 0.2) is 0 Å². The summed E-state index contributed by atoms with van der Waals surface area (Å²) in [7, 11) is 2.14. The Bertz CT molecular complexity index is 782. The van der Waals surface area contributed by atoms with Crippen LogP contribution in [0.15, 0.2) is 60.7 Å². The molecule has 0 atom stereocenters. The van der Waals surface area contributed by atoms with Crippen LogP contribution >= 0.6 is 0 Å². The molecule has 118 valence electrons. The molecule has 1 heterocycles. The number of anilines is 1. The van der Waals surface area contributed by atoms with Crippen LogP contribution in [0.3, 0.4) is 0 Å². The molecule has 3 heteroatoms. The van der Waals surface area contributed by atoms with Gasteiger partial charge in [0.1, 0.15) is 5.82 Å². The standard InChI is InChI=1S/C20H23N3/c1-3-23(2)15-17-8-6-7-16(13-17)14-21-20-12-11-18-9-4-5-10-19(18)22-20/h4-13H,3,14-15H2,1-2H3,(H,21,22). The Morgan fingerprint density at radius 3 is 2.65 bits per heavy atom. The molecule has 0 saturated carbocycles. The van der Waals surface area contributed by atoms with Gasteiger partial charge in [-0.2, -0.15) is 0 Å². The fourth-order valence-electron chi connectivity index (χ4n) is 2.62. The van der Waals surface area contributed by atoms with Crippen molar-refractivity contribution in [2.45, 2.75) is 20.0 Å². The van der Waals surface area contributed by atoms with E-state index in [0.29, 0.717) is 0 Å². The Labute approximate surface area is 138 Å². The van der Waals surface area contributed by atoms with E-state index >= 15 is 0 Å². The summed E-state index contributed by atoms with van der Waals surface area (Å²) in [5, 5.41) is 4.59. The summed E-state index contributed by atoms with van der Waals surface area (Å²) in [5.74, 6) is 0.916. The van der Waals surface area contributed by atoms with Crippen LogP contribution in [0.5, 0.6) is 0 Å². The maximum atomic E-state index is 4.66. The van der Waals surface area contributed by atoms with E-state index in [9.17, 15) is 0 Å². The highest BCUT2D eigenvalue weighted by Crippen LogP contribution is 2.15. The van der Waals surface area contributed by atoms with Gasteiger partial charge in [-0.3, -0.25) is 0 Å². The van der Waals surface area contributed by atoms with Crippen molar-refractivity contribution in [1.82, 2.24) is 9.88 Å². The number of hydrogen-bond donors (Lipinski definition) is 1. The van der Waals surface area contributed by atoms with Crippen LogP contribution in [0.2, 0.25) is 0 Å². The van der Waals surface area contributed by atoms with Crippen LogP contribution in [0, 0.1) is 0 Å². The molecule has 0 fully saturated rings. The number of nitrogens with one attached hydrogen (secondary N) is 1. The zero-order valence-electron chi connectivity index (χ0n) is 13.8. The summed E-state index contributed by atoms with van der Waals surface area (Å²) in [6.07, 6.45) is 0. The predicted octanol–water partition coefficient (Wildman–Crippen LogP) is 4.30. The Morgan fingerprint density at radius 2 is 1.78 bits per heavy atom. The van der Waals surface area contributed by atoms with E-state index in [4.69, 9.17) is 0 Å². The molecular weight excluding hydrogens is 282 g/mol. The zero-order valence-corrected chi connectivity index (χ0v) is 13.8. The van der Waals surface area contributed by atoms with E-state index in [1.54, 1.807) is 0 Å². The van der Waals surface area contributed by atoms with Crippen LogP contribution in [0.4, 0.5) is 5.82 Å². The molecule has 1 N–H and O–H groups in total. The smallest absolute Gasteiger partial charge is 0.126 e. The number of aromatic nitrogens is 1. The maximum Gasteiger partial charge on any atom is 0.126 e. The van der Waals surface area contributed by atoms with E-state index in [2.05, 4.69) is 65.6 Å². The van der Waals surface area contributed by atoms with E-state index in [1.807, 2.05) is 24.3 Å². The lowest BCUT2D eigenvalue weighted by atomic mass is 10.1. The monoisotopic (exact) mass is 305 g/mol. The maximum absolute atomic E-state index is 4.66. The highest BCUT2D eigenvalue weighted by Gasteiger charge is 2.01. The van der Waals surface area contributed by atoms with E-state index in [-0.39, 0.29) is 0 Å². The lowest BCUT2D eigenvalue weighted by molar-refractivity contribution is 0.345. The number of fused-ring (bicyclic) bond motifs is 1. The third-order valence-corrected chi connectivity index (χ3v) is 4.06. The minimum atomic E-state index is 0.787. The van der Waals surface area contributed by atoms with Crippen molar-refractivity contribution in [3.8, 4) is 0 Å². The molecule has 23 heavy (non-hydrogen) atoms. The fraction of sp³-hybridized carbons (Fsp3) is 0.250. The summed E-state index contributed by atoms with van der Waals surface area (Å²) >= 11 is 0. The molecule has 1 aromatic heterocycles. The topological polar surface area (TPSA) is 28.2 Å². The molecule has 0 bridgehead atoms. The largest absolute Gasteiger partial charge is 0.366 e. The lowest BCUT2D eigenvalue weighted by Crippen LogP contribution is -2.16. The lowest BCUT2D eigenvalue weighted by Gasteiger charge is -2.14. The van der Waals surface area contributed by atoms with E-state index < -0.39 is 0 Å². The number of benzene rings is 2. The van der Waals surface area contributed by atoms with Crippen LogP contribution in [0.25, 0.3) is 10.9 Å². The van der Waals surface area contributed by atoms with Crippen molar-refractivity contribution in [2.24, 2.45) is 0 Å². The highest BCUT2D eigenvalue weighted by molar-refractivity contribution is 5.80. The SMILES string of the molecule is CCN(C)Cc1cccc(CNc2ccc3ccccc3n2)c1. The summed E-state index contributed by atoms with van der Waals surface area (Å²) in [4.78, 5) is 6.96. The van der Waals surface area contributed by atoms with E-state index in [0.717, 1.165) is 31.0 Å². The van der Waals surface area contributed by atoms with Crippen LogP contribution < -0.4 is 5.32 Å². The van der Waals surface area contributed by atoms with Gasteiger partial charge in [0.25, 0.3) is 0 Å². The average molecular weight is 305 g/mol. The van der Waals surface area contributed by atoms with Gasteiger partial charge in [0.05, 0.1) is 5.52 Å². The molecular formula is C20H23N3. The Kier molecular flexibility index (Phi) is 4.89. The first-order chi connectivity index (χ1) is 11.2. The number of pyridine rings is 1. The molecule has 0 aliphatic rings. The molecule has 0 spiro atoms. The molecule has 0 aliphatic carbocycles. The second-order valence-electron chi connectivity index (χ2n) is 5.89. The van der Waals surface area contributed by atoms with Crippen LogP contribution in [-0.2, 0) is 13.1 Å². The first-order valence-electron chi connectivity index (χ1n) is 8.10. The first-order valence-corrected chi connectivity index (χ1v) is 8.10. The van der Waals surface area contributed by atoms with Crippen LogP contribution in [0.1, 0.15) is 18.1 Å². The Hall–Kier alpha value is -2.39. The van der Waals surface area contributed by atoms with Crippen molar-refractivity contribution in [3.05, 3.63) is 71.8 Å². The minimum absolute atomic E-state index is 0.787. The van der Waals surface area contributed by atoms with Gasteiger partial charge in [-0.05, 0) is 42.9 Å². The number of hydrogen-bond acceptors (Lipinski definition) is 3. The molecule has 3 aromatic rings. The van der Waals surface area contributed by atoms with Crippen LogP contribution in [-0.4, -0.2) is 23.5 Å². The van der Waals surface area contributed by atoms with Gasteiger partial charge < -0.3 is 10.2 Å². The van der Waals surface area contributed by atoms with Crippen molar-refractivity contribution in [3.63, 3.8) is 0 Å². The Balaban J connectivity index is 1.68.